The lowest BCUT2D eigenvalue weighted by atomic mass is 9.92. The van der Waals surface area contributed by atoms with E-state index in [1.165, 1.54) is 18.4 Å². The molecule has 2 rings (SSSR count). The minimum absolute atomic E-state index is 0.244. The van der Waals surface area contributed by atoms with E-state index in [1.807, 2.05) is 0 Å². The Morgan fingerprint density at radius 1 is 1.28 bits per heavy atom. The van der Waals surface area contributed by atoms with Gasteiger partial charge < -0.3 is 5.32 Å². The second-order valence-electron chi connectivity index (χ2n) is 5.90. The molecule has 0 saturated carbocycles. The zero-order chi connectivity index (χ0) is 13.0. The highest BCUT2D eigenvalue weighted by atomic mass is 15.3. The fourth-order valence-electron chi connectivity index (χ4n) is 3.03. The molecule has 1 aromatic carbocycles. The average Bonchev–Trinajstić information content (AvgIpc) is 2.37. The van der Waals surface area contributed by atoms with Crippen molar-refractivity contribution in [1.82, 2.24) is 10.2 Å². The summed E-state index contributed by atoms with van der Waals surface area (Å²) in [7, 11) is 0. The summed E-state index contributed by atoms with van der Waals surface area (Å²) in [5.41, 5.74) is 1.71. The van der Waals surface area contributed by atoms with E-state index >= 15 is 0 Å². The molecule has 2 nitrogen and oxygen atoms in total. The number of hydrogen-bond donors (Lipinski definition) is 1. The van der Waals surface area contributed by atoms with Gasteiger partial charge in [-0.3, -0.25) is 4.90 Å². The highest BCUT2D eigenvalue weighted by Gasteiger charge is 2.34. The predicted molar refractivity (Wildman–Crippen MR) is 77.7 cm³/mol. The van der Waals surface area contributed by atoms with Crippen LogP contribution in [0.25, 0.3) is 0 Å². The van der Waals surface area contributed by atoms with Crippen molar-refractivity contribution in [3.8, 4) is 0 Å². The van der Waals surface area contributed by atoms with E-state index in [2.05, 4.69) is 61.3 Å². The molecule has 0 aromatic heterocycles. The Kier molecular flexibility index (Phi) is 4.41. The fraction of sp³-hybridized carbons (Fsp3) is 0.625. The summed E-state index contributed by atoms with van der Waals surface area (Å²) in [6.45, 7) is 10.3. The van der Waals surface area contributed by atoms with E-state index in [0.717, 1.165) is 19.6 Å². The molecule has 1 unspecified atom stereocenters. The van der Waals surface area contributed by atoms with Gasteiger partial charge in [0.25, 0.3) is 0 Å². The van der Waals surface area contributed by atoms with Crippen LogP contribution in [-0.4, -0.2) is 30.1 Å². The topological polar surface area (TPSA) is 15.3 Å². The summed E-state index contributed by atoms with van der Waals surface area (Å²) in [6, 6.07) is 11.5. The first-order valence-corrected chi connectivity index (χ1v) is 7.17. The van der Waals surface area contributed by atoms with Crippen LogP contribution < -0.4 is 5.32 Å². The maximum Gasteiger partial charge on any atom is 0.0354 e. The van der Waals surface area contributed by atoms with Gasteiger partial charge in [-0.2, -0.15) is 0 Å². The molecule has 0 aliphatic carbocycles. The van der Waals surface area contributed by atoms with Crippen LogP contribution in [0.3, 0.4) is 0 Å². The third-order valence-corrected chi connectivity index (χ3v) is 3.99. The molecule has 1 aliphatic heterocycles. The minimum Gasteiger partial charge on any atom is -0.314 e. The van der Waals surface area contributed by atoms with Crippen LogP contribution >= 0.6 is 0 Å². The van der Waals surface area contributed by atoms with Gasteiger partial charge in [-0.1, -0.05) is 43.7 Å². The minimum atomic E-state index is 0.244. The highest BCUT2D eigenvalue weighted by Crippen LogP contribution is 2.32. The number of nitrogens with one attached hydrogen (secondary N) is 1. The van der Waals surface area contributed by atoms with Crippen molar-refractivity contribution in [3.05, 3.63) is 35.9 Å². The Morgan fingerprint density at radius 2 is 2.00 bits per heavy atom. The lowest BCUT2D eigenvalue weighted by molar-refractivity contribution is 0.0398. The lowest BCUT2D eigenvalue weighted by Gasteiger charge is -2.47. The molecule has 1 fully saturated rings. The van der Waals surface area contributed by atoms with Gasteiger partial charge >= 0.3 is 0 Å². The van der Waals surface area contributed by atoms with E-state index < -0.39 is 0 Å². The van der Waals surface area contributed by atoms with Gasteiger partial charge in [0.05, 0.1) is 0 Å². The first kappa shape index (κ1) is 13.6. The maximum absolute atomic E-state index is 3.51. The molecule has 1 aliphatic rings. The largest absolute Gasteiger partial charge is 0.314 e. The number of hydrogen-bond acceptors (Lipinski definition) is 2. The normalized spacial score (nSPS) is 21.7. The monoisotopic (exact) mass is 246 g/mol. The second-order valence-corrected chi connectivity index (χ2v) is 5.90. The smallest absolute Gasteiger partial charge is 0.0354 e. The molecule has 0 spiro atoms. The standard InChI is InChI=1S/C16H26N2/c1-4-8-15(14-9-6-5-7-10-14)18-12-11-17-13-16(18,2)3/h5-7,9-10,15,17H,4,8,11-13H2,1-3H3. The Morgan fingerprint density at radius 3 is 2.61 bits per heavy atom. The summed E-state index contributed by atoms with van der Waals surface area (Å²) >= 11 is 0. The molecule has 0 bridgehead atoms. The van der Waals surface area contributed by atoms with Crippen molar-refractivity contribution in [3.63, 3.8) is 0 Å². The molecule has 1 N–H and O–H groups in total. The molecule has 0 radical (unpaired) electrons. The molecule has 100 valence electrons. The molecule has 2 heteroatoms. The van der Waals surface area contributed by atoms with Gasteiger partial charge in [0.1, 0.15) is 0 Å². The van der Waals surface area contributed by atoms with Crippen molar-refractivity contribution >= 4 is 0 Å². The van der Waals surface area contributed by atoms with E-state index in [9.17, 15) is 0 Å². The van der Waals surface area contributed by atoms with Crippen LogP contribution in [0.1, 0.15) is 45.2 Å². The van der Waals surface area contributed by atoms with Crippen molar-refractivity contribution in [1.29, 1.82) is 0 Å². The number of piperazine rings is 1. The molecular formula is C16H26N2. The summed E-state index contributed by atoms with van der Waals surface area (Å²) in [4.78, 5) is 2.68. The molecule has 18 heavy (non-hydrogen) atoms. The van der Waals surface area contributed by atoms with E-state index in [4.69, 9.17) is 0 Å². The number of nitrogens with zero attached hydrogens (tertiary/aromatic N) is 1. The number of benzene rings is 1. The first-order chi connectivity index (χ1) is 8.65. The lowest BCUT2D eigenvalue weighted by Crippen LogP contribution is -2.58. The van der Waals surface area contributed by atoms with Crippen LogP contribution in [0.5, 0.6) is 0 Å². The van der Waals surface area contributed by atoms with Crippen molar-refractivity contribution < 1.29 is 0 Å². The third kappa shape index (κ3) is 2.93. The van der Waals surface area contributed by atoms with Crippen molar-refractivity contribution in [2.45, 2.75) is 45.2 Å². The van der Waals surface area contributed by atoms with Crippen LogP contribution in [0.2, 0.25) is 0 Å². The quantitative estimate of drug-likeness (QED) is 0.877. The Bertz CT molecular complexity index is 359. The molecule has 1 heterocycles. The van der Waals surface area contributed by atoms with Crippen LogP contribution in [0, 0.1) is 0 Å². The Balaban J connectivity index is 2.24. The zero-order valence-corrected chi connectivity index (χ0v) is 11.9. The van der Waals surface area contributed by atoms with Gasteiger partial charge in [-0.15, -0.1) is 0 Å². The molecular weight excluding hydrogens is 220 g/mol. The van der Waals surface area contributed by atoms with Gasteiger partial charge in [0.15, 0.2) is 0 Å². The molecule has 0 amide bonds. The molecule has 1 saturated heterocycles. The van der Waals surface area contributed by atoms with Crippen molar-refractivity contribution in [2.24, 2.45) is 0 Å². The number of rotatable bonds is 4. The van der Waals surface area contributed by atoms with Crippen LogP contribution in [-0.2, 0) is 0 Å². The second kappa shape index (κ2) is 5.85. The Labute approximate surface area is 111 Å². The summed E-state index contributed by atoms with van der Waals surface area (Å²) < 4.78 is 0. The maximum atomic E-state index is 3.51. The highest BCUT2D eigenvalue weighted by molar-refractivity contribution is 5.20. The fourth-order valence-corrected chi connectivity index (χ4v) is 3.03. The third-order valence-electron chi connectivity index (χ3n) is 3.99. The Hall–Kier alpha value is -0.860. The SMILES string of the molecule is CCCC(c1ccccc1)N1CCNCC1(C)C. The molecule has 1 atom stereocenters. The van der Waals surface area contributed by atoms with E-state index in [1.54, 1.807) is 0 Å². The summed E-state index contributed by atoms with van der Waals surface area (Å²) in [5, 5.41) is 3.51. The van der Waals surface area contributed by atoms with Gasteiger partial charge in [-0.25, -0.2) is 0 Å². The van der Waals surface area contributed by atoms with E-state index in [-0.39, 0.29) is 5.54 Å². The average molecular weight is 246 g/mol. The zero-order valence-electron chi connectivity index (χ0n) is 11.9. The van der Waals surface area contributed by atoms with E-state index in [0.29, 0.717) is 6.04 Å². The first-order valence-electron chi connectivity index (χ1n) is 7.17. The summed E-state index contributed by atoms with van der Waals surface area (Å²) in [6.07, 6.45) is 2.48. The predicted octanol–water partition coefficient (Wildman–Crippen LogP) is 3.21. The van der Waals surface area contributed by atoms with Crippen LogP contribution in [0.4, 0.5) is 0 Å². The van der Waals surface area contributed by atoms with Crippen LogP contribution in [0.15, 0.2) is 30.3 Å². The van der Waals surface area contributed by atoms with Crippen molar-refractivity contribution in [2.75, 3.05) is 19.6 Å². The summed E-state index contributed by atoms with van der Waals surface area (Å²) in [5.74, 6) is 0. The molecule has 1 aromatic rings. The van der Waals surface area contributed by atoms with Gasteiger partial charge in [0, 0.05) is 31.2 Å². The van der Waals surface area contributed by atoms with Gasteiger partial charge in [-0.05, 0) is 25.8 Å². The van der Waals surface area contributed by atoms with Gasteiger partial charge in [0.2, 0.25) is 0 Å².